The second kappa shape index (κ2) is 5.83. The molecule has 0 aliphatic heterocycles. The lowest BCUT2D eigenvalue weighted by Crippen LogP contribution is -1.81. The minimum absolute atomic E-state index is 0.995. The smallest absolute Gasteiger partial charge is 0.0184 e. The van der Waals surface area contributed by atoms with Crippen LogP contribution in [0.3, 0.4) is 0 Å². The molecule has 0 fully saturated rings. The van der Waals surface area contributed by atoms with E-state index in [1.54, 1.807) is 6.08 Å². The van der Waals surface area contributed by atoms with Crippen molar-refractivity contribution in [3.63, 3.8) is 0 Å². The van der Waals surface area contributed by atoms with E-state index in [-0.39, 0.29) is 0 Å². The zero-order valence-corrected chi connectivity index (χ0v) is 10.3. The number of allylic oxidation sites excluding steroid dienone is 4. The molecular weight excluding hydrogens is 216 g/mol. The molecule has 0 nitrogen and oxygen atoms in total. The van der Waals surface area contributed by atoms with Gasteiger partial charge in [-0.1, -0.05) is 86.0 Å². The van der Waals surface area contributed by atoms with Crippen molar-refractivity contribution < 1.29 is 0 Å². The van der Waals surface area contributed by atoms with Gasteiger partial charge in [0, 0.05) is 0 Å². The Morgan fingerprint density at radius 3 is 2.06 bits per heavy atom. The molecule has 88 valence electrons. The quantitative estimate of drug-likeness (QED) is 0.643. The van der Waals surface area contributed by atoms with Crippen molar-refractivity contribution in [3.8, 4) is 11.1 Å². The van der Waals surface area contributed by atoms with Crippen LogP contribution in [0.1, 0.15) is 5.56 Å². The summed E-state index contributed by atoms with van der Waals surface area (Å²) in [6.07, 6.45) is 5.61. The summed E-state index contributed by atoms with van der Waals surface area (Å²) >= 11 is 0. The molecule has 0 unspecified atom stereocenters. The van der Waals surface area contributed by atoms with E-state index in [0.717, 1.165) is 11.1 Å². The Bertz CT molecular complexity index is 557. The van der Waals surface area contributed by atoms with Crippen LogP contribution in [0.15, 0.2) is 86.0 Å². The van der Waals surface area contributed by atoms with Crippen LogP contribution < -0.4 is 0 Å². The molecule has 0 atom stereocenters. The van der Waals surface area contributed by atoms with Gasteiger partial charge in [-0.25, -0.2) is 0 Å². The monoisotopic (exact) mass is 232 g/mol. The molecule has 0 bridgehead atoms. The van der Waals surface area contributed by atoms with Crippen LogP contribution in [-0.4, -0.2) is 0 Å². The molecule has 0 heteroatoms. The summed E-state index contributed by atoms with van der Waals surface area (Å²) in [5.41, 5.74) is 4.58. The molecule has 2 aromatic rings. The summed E-state index contributed by atoms with van der Waals surface area (Å²) in [5.74, 6) is 0. The molecule has 0 aliphatic rings. The van der Waals surface area contributed by atoms with E-state index >= 15 is 0 Å². The van der Waals surface area contributed by atoms with Gasteiger partial charge in [-0.3, -0.25) is 0 Å². The second-order valence-electron chi connectivity index (χ2n) is 4.06. The molecule has 18 heavy (non-hydrogen) atoms. The highest BCUT2D eigenvalue weighted by Gasteiger charge is 1.98. The van der Waals surface area contributed by atoms with Crippen molar-refractivity contribution in [1.82, 2.24) is 0 Å². The Labute approximate surface area is 109 Å². The van der Waals surface area contributed by atoms with Crippen LogP contribution in [0.2, 0.25) is 0 Å². The van der Waals surface area contributed by atoms with Crippen molar-refractivity contribution >= 4 is 5.57 Å². The third kappa shape index (κ3) is 2.86. The third-order valence-electron chi connectivity index (χ3n) is 2.80. The van der Waals surface area contributed by atoms with Crippen molar-refractivity contribution in [3.05, 3.63) is 91.5 Å². The summed E-state index contributed by atoms with van der Waals surface area (Å²) < 4.78 is 0. The fourth-order valence-corrected chi connectivity index (χ4v) is 1.79. The molecule has 0 saturated heterocycles. The average Bonchev–Trinajstić information content (AvgIpc) is 2.46. The lowest BCUT2D eigenvalue weighted by atomic mass is 10.0. The SMILES string of the molecule is C=C/C=C\C(=C)c1ccc(-c2ccccc2)cc1. The van der Waals surface area contributed by atoms with Gasteiger partial charge >= 0.3 is 0 Å². The standard InChI is InChI=1S/C18H16/c1-3-4-8-15(2)16-11-13-18(14-12-16)17-9-6-5-7-10-17/h3-14H,1-2H2/b8-4-. The first-order valence-corrected chi connectivity index (χ1v) is 5.95. The van der Waals surface area contributed by atoms with E-state index in [1.165, 1.54) is 11.1 Å². The van der Waals surface area contributed by atoms with Crippen molar-refractivity contribution in [1.29, 1.82) is 0 Å². The number of hydrogen-bond donors (Lipinski definition) is 0. The normalized spacial score (nSPS) is 10.4. The molecular formula is C18H16. The summed E-state index contributed by atoms with van der Waals surface area (Å²) in [6.45, 7) is 7.68. The highest BCUT2D eigenvalue weighted by Crippen LogP contribution is 2.22. The summed E-state index contributed by atoms with van der Waals surface area (Å²) in [5, 5.41) is 0. The zero-order valence-electron chi connectivity index (χ0n) is 10.3. The molecule has 0 aliphatic carbocycles. The van der Waals surface area contributed by atoms with E-state index in [1.807, 2.05) is 18.2 Å². The van der Waals surface area contributed by atoms with Gasteiger partial charge in [-0.2, -0.15) is 0 Å². The van der Waals surface area contributed by atoms with Gasteiger partial charge < -0.3 is 0 Å². The molecule has 0 radical (unpaired) electrons. The van der Waals surface area contributed by atoms with Crippen LogP contribution in [0.25, 0.3) is 16.7 Å². The molecule has 0 N–H and O–H groups in total. The zero-order chi connectivity index (χ0) is 12.8. The molecule has 0 amide bonds. The predicted octanol–water partition coefficient (Wildman–Crippen LogP) is 5.11. The maximum atomic E-state index is 4.03. The van der Waals surface area contributed by atoms with Crippen LogP contribution in [0, 0.1) is 0 Å². The molecule has 0 aromatic heterocycles. The van der Waals surface area contributed by atoms with Gasteiger partial charge in [-0.15, -0.1) is 0 Å². The third-order valence-corrected chi connectivity index (χ3v) is 2.80. The van der Waals surface area contributed by atoms with E-state index in [4.69, 9.17) is 0 Å². The Morgan fingerprint density at radius 1 is 0.833 bits per heavy atom. The first-order valence-electron chi connectivity index (χ1n) is 5.95. The molecule has 2 rings (SSSR count). The molecule has 2 aromatic carbocycles. The van der Waals surface area contributed by atoms with E-state index < -0.39 is 0 Å². The first kappa shape index (κ1) is 12.1. The van der Waals surface area contributed by atoms with Gasteiger partial charge in [0.1, 0.15) is 0 Å². The molecule has 0 spiro atoms. The first-order chi connectivity index (χ1) is 8.81. The maximum absolute atomic E-state index is 4.03. The van der Waals surface area contributed by atoms with Gasteiger partial charge in [0.15, 0.2) is 0 Å². The molecule has 0 heterocycles. The maximum Gasteiger partial charge on any atom is -0.0184 e. The van der Waals surface area contributed by atoms with E-state index in [0.29, 0.717) is 0 Å². The number of hydrogen-bond acceptors (Lipinski definition) is 0. The predicted molar refractivity (Wildman–Crippen MR) is 80.2 cm³/mol. The van der Waals surface area contributed by atoms with Crippen molar-refractivity contribution in [2.45, 2.75) is 0 Å². The Morgan fingerprint density at radius 2 is 1.44 bits per heavy atom. The Kier molecular flexibility index (Phi) is 3.93. The lowest BCUT2D eigenvalue weighted by molar-refractivity contribution is 1.58. The molecule has 0 saturated carbocycles. The van der Waals surface area contributed by atoms with Crippen LogP contribution in [-0.2, 0) is 0 Å². The Hall–Kier alpha value is -2.34. The summed E-state index contributed by atoms with van der Waals surface area (Å²) in [6, 6.07) is 18.8. The van der Waals surface area contributed by atoms with Crippen molar-refractivity contribution in [2.75, 3.05) is 0 Å². The largest absolute Gasteiger partial charge is 0.0991 e. The van der Waals surface area contributed by atoms with E-state index in [9.17, 15) is 0 Å². The van der Waals surface area contributed by atoms with Gasteiger partial charge in [0.25, 0.3) is 0 Å². The topological polar surface area (TPSA) is 0 Å². The minimum Gasteiger partial charge on any atom is -0.0991 e. The fourth-order valence-electron chi connectivity index (χ4n) is 1.79. The van der Waals surface area contributed by atoms with Crippen LogP contribution in [0.4, 0.5) is 0 Å². The van der Waals surface area contributed by atoms with E-state index in [2.05, 4.69) is 61.7 Å². The highest BCUT2D eigenvalue weighted by atomic mass is 14.0. The van der Waals surface area contributed by atoms with Gasteiger partial charge in [-0.05, 0) is 22.3 Å². The fraction of sp³-hybridized carbons (Fsp3) is 0. The summed E-state index contributed by atoms with van der Waals surface area (Å²) in [7, 11) is 0. The number of rotatable bonds is 4. The lowest BCUT2D eigenvalue weighted by Gasteiger charge is -2.04. The second-order valence-corrected chi connectivity index (χ2v) is 4.06. The van der Waals surface area contributed by atoms with Crippen molar-refractivity contribution in [2.24, 2.45) is 0 Å². The highest BCUT2D eigenvalue weighted by molar-refractivity contribution is 5.74. The van der Waals surface area contributed by atoms with Gasteiger partial charge in [0.2, 0.25) is 0 Å². The summed E-state index contributed by atoms with van der Waals surface area (Å²) in [4.78, 5) is 0. The average molecular weight is 232 g/mol. The van der Waals surface area contributed by atoms with Crippen LogP contribution >= 0.6 is 0 Å². The minimum atomic E-state index is 0.995. The van der Waals surface area contributed by atoms with Crippen LogP contribution in [0.5, 0.6) is 0 Å². The number of benzene rings is 2. The Balaban J connectivity index is 2.23. The van der Waals surface area contributed by atoms with Gasteiger partial charge in [0.05, 0.1) is 0 Å².